The molecular weight excluding hydrogens is 320 g/mol. The van der Waals surface area contributed by atoms with E-state index in [1.165, 1.54) is 19.3 Å². The Hall–Kier alpha value is -1.17. The van der Waals surface area contributed by atoms with E-state index in [1.54, 1.807) is 12.2 Å². The topological polar surface area (TPSA) is 98.0 Å². The summed E-state index contributed by atoms with van der Waals surface area (Å²) in [4.78, 5) is 10.6. The van der Waals surface area contributed by atoms with Crippen molar-refractivity contribution in [3.8, 4) is 0 Å². The second-order valence-corrected chi connectivity index (χ2v) is 7.05. The third-order valence-electron chi connectivity index (χ3n) is 4.92. The minimum Gasteiger partial charge on any atom is -0.481 e. The number of carbonyl (C=O) groups is 1. The quantitative estimate of drug-likeness (QED) is 0.319. The van der Waals surface area contributed by atoms with Crippen molar-refractivity contribution in [2.24, 2.45) is 11.8 Å². The summed E-state index contributed by atoms with van der Waals surface area (Å²) < 4.78 is 0. The molecule has 1 saturated carbocycles. The van der Waals surface area contributed by atoms with Crippen LogP contribution in [-0.4, -0.2) is 44.7 Å². The van der Waals surface area contributed by atoms with Crippen LogP contribution in [-0.2, 0) is 4.79 Å². The zero-order valence-electron chi connectivity index (χ0n) is 15.3. The number of aliphatic hydroxyl groups is 3. The summed E-state index contributed by atoms with van der Waals surface area (Å²) in [6.07, 6.45) is 12.3. The highest BCUT2D eigenvalue weighted by Crippen LogP contribution is 2.37. The lowest BCUT2D eigenvalue weighted by atomic mass is 9.88. The first-order chi connectivity index (χ1) is 12.0. The molecule has 0 aromatic rings. The van der Waals surface area contributed by atoms with Gasteiger partial charge in [0.25, 0.3) is 0 Å². The molecule has 0 radical (unpaired) electrons. The van der Waals surface area contributed by atoms with Crippen molar-refractivity contribution < 1.29 is 25.2 Å². The summed E-state index contributed by atoms with van der Waals surface area (Å²) in [6, 6.07) is 0. The Labute approximate surface area is 151 Å². The maximum atomic E-state index is 10.6. The van der Waals surface area contributed by atoms with E-state index in [0.29, 0.717) is 25.7 Å². The van der Waals surface area contributed by atoms with Crippen LogP contribution in [0.25, 0.3) is 0 Å². The number of carboxylic acids is 1. The van der Waals surface area contributed by atoms with Crippen LogP contribution < -0.4 is 0 Å². The third-order valence-corrected chi connectivity index (χ3v) is 4.92. The predicted octanol–water partition coefficient (Wildman–Crippen LogP) is 3.04. The number of hydrogen-bond acceptors (Lipinski definition) is 4. The van der Waals surface area contributed by atoms with Gasteiger partial charge in [0.2, 0.25) is 0 Å². The molecule has 1 rings (SSSR count). The van der Waals surface area contributed by atoms with Gasteiger partial charge in [-0.2, -0.15) is 0 Å². The number of unbranched alkanes of at least 4 members (excludes halogenated alkanes) is 3. The van der Waals surface area contributed by atoms with Crippen LogP contribution in [0.5, 0.6) is 0 Å². The lowest BCUT2D eigenvalue weighted by molar-refractivity contribution is -0.137. The molecule has 0 heterocycles. The van der Waals surface area contributed by atoms with Gasteiger partial charge in [0.05, 0.1) is 18.3 Å². The maximum absolute atomic E-state index is 10.6. The monoisotopic (exact) mass is 354 g/mol. The van der Waals surface area contributed by atoms with E-state index in [2.05, 4.69) is 13.0 Å². The fraction of sp³-hybridized carbons (Fsp3) is 0.750. The molecule has 0 aliphatic heterocycles. The Morgan fingerprint density at radius 3 is 2.60 bits per heavy atom. The summed E-state index contributed by atoms with van der Waals surface area (Å²) in [5, 5.41) is 39.0. The van der Waals surface area contributed by atoms with E-state index in [4.69, 9.17) is 5.11 Å². The molecule has 144 valence electrons. The van der Waals surface area contributed by atoms with Gasteiger partial charge in [0.15, 0.2) is 0 Å². The molecule has 5 heteroatoms. The van der Waals surface area contributed by atoms with E-state index in [9.17, 15) is 20.1 Å². The molecule has 4 N–H and O–H groups in total. The van der Waals surface area contributed by atoms with Gasteiger partial charge in [0, 0.05) is 18.8 Å². The van der Waals surface area contributed by atoms with Gasteiger partial charge < -0.3 is 20.4 Å². The summed E-state index contributed by atoms with van der Waals surface area (Å²) in [7, 11) is 0. The summed E-state index contributed by atoms with van der Waals surface area (Å²) in [5.74, 6) is -1.23. The van der Waals surface area contributed by atoms with Crippen LogP contribution in [0.2, 0.25) is 0 Å². The fourth-order valence-electron chi connectivity index (χ4n) is 3.47. The van der Waals surface area contributed by atoms with Crippen molar-refractivity contribution in [1.82, 2.24) is 0 Å². The van der Waals surface area contributed by atoms with Crippen LogP contribution in [0.4, 0.5) is 0 Å². The number of rotatable bonds is 12. The number of carboxylic acid groups (broad SMARTS) is 1. The Morgan fingerprint density at radius 2 is 1.92 bits per heavy atom. The molecule has 0 bridgehead atoms. The smallest absolute Gasteiger partial charge is 0.303 e. The molecule has 0 spiro atoms. The van der Waals surface area contributed by atoms with E-state index in [1.807, 2.05) is 6.08 Å². The number of aliphatic carboxylic acids is 1. The molecule has 0 aromatic carbocycles. The summed E-state index contributed by atoms with van der Waals surface area (Å²) in [6.45, 7) is 2.17. The number of hydrogen-bond donors (Lipinski definition) is 4. The Morgan fingerprint density at radius 1 is 1.16 bits per heavy atom. The van der Waals surface area contributed by atoms with Crippen LogP contribution >= 0.6 is 0 Å². The zero-order valence-corrected chi connectivity index (χ0v) is 15.3. The van der Waals surface area contributed by atoms with Gasteiger partial charge in [0.1, 0.15) is 0 Å². The minimum absolute atomic E-state index is 0.0706. The Bertz CT molecular complexity index is 432. The predicted molar refractivity (Wildman–Crippen MR) is 98.1 cm³/mol. The molecule has 25 heavy (non-hydrogen) atoms. The molecule has 1 aliphatic carbocycles. The standard InChI is InChI=1S/C20H34O5/c1-2-3-4-5-6-7-9-15(21)12-13-17-16(10-8-11-20(24)25)18(22)14-19(17)23/h6-7,12-13,15-19,21-23H,2-5,8-11,14H2,1H3,(H,24,25)/b7-6-,13-12+/t15-,16-,17-,18-,19+/m1/s1. The SMILES string of the molecule is CCCCC/C=C\C[C@@H](O)/C=C/[C@@H]1[C@@H](CCCC(=O)O)[C@H](O)C[C@@H]1O. The van der Waals surface area contributed by atoms with Crippen molar-refractivity contribution >= 4 is 5.97 Å². The van der Waals surface area contributed by atoms with Gasteiger partial charge in [-0.15, -0.1) is 0 Å². The zero-order chi connectivity index (χ0) is 18.7. The van der Waals surface area contributed by atoms with Crippen LogP contribution in [0.1, 0.15) is 64.7 Å². The van der Waals surface area contributed by atoms with Crippen LogP contribution in [0.3, 0.4) is 0 Å². The van der Waals surface area contributed by atoms with E-state index >= 15 is 0 Å². The molecule has 5 nitrogen and oxygen atoms in total. The third kappa shape index (κ3) is 8.66. The summed E-state index contributed by atoms with van der Waals surface area (Å²) in [5.41, 5.74) is 0. The molecular formula is C20H34O5. The van der Waals surface area contributed by atoms with Crippen molar-refractivity contribution in [3.05, 3.63) is 24.3 Å². The highest BCUT2D eigenvalue weighted by molar-refractivity contribution is 5.66. The van der Waals surface area contributed by atoms with E-state index in [0.717, 1.165) is 6.42 Å². The van der Waals surface area contributed by atoms with Crippen molar-refractivity contribution in [2.75, 3.05) is 0 Å². The Kier molecular flexibility index (Phi) is 10.7. The number of aliphatic hydroxyl groups excluding tert-OH is 3. The Balaban J connectivity index is 2.44. The average Bonchev–Trinajstić information content (AvgIpc) is 2.82. The van der Waals surface area contributed by atoms with Gasteiger partial charge in [-0.3, -0.25) is 4.79 Å². The first-order valence-corrected chi connectivity index (χ1v) is 9.55. The lowest BCUT2D eigenvalue weighted by Crippen LogP contribution is -2.21. The normalized spacial score (nSPS) is 28.2. The first kappa shape index (κ1) is 21.9. The maximum Gasteiger partial charge on any atom is 0.303 e. The molecule has 0 amide bonds. The van der Waals surface area contributed by atoms with Gasteiger partial charge in [-0.05, 0) is 38.0 Å². The fourth-order valence-corrected chi connectivity index (χ4v) is 3.47. The molecule has 5 atom stereocenters. The van der Waals surface area contributed by atoms with E-state index < -0.39 is 24.3 Å². The molecule has 0 unspecified atom stereocenters. The van der Waals surface area contributed by atoms with Gasteiger partial charge >= 0.3 is 5.97 Å². The van der Waals surface area contributed by atoms with Crippen LogP contribution in [0.15, 0.2) is 24.3 Å². The van der Waals surface area contributed by atoms with Crippen molar-refractivity contribution in [2.45, 2.75) is 83.0 Å². The second kappa shape index (κ2) is 12.2. The first-order valence-electron chi connectivity index (χ1n) is 9.55. The van der Waals surface area contributed by atoms with Crippen molar-refractivity contribution in [3.63, 3.8) is 0 Å². The average molecular weight is 354 g/mol. The largest absolute Gasteiger partial charge is 0.481 e. The second-order valence-electron chi connectivity index (χ2n) is 7.05. The minimum atomic E-state index is -0.846. The highest BCUT2D eigenvalue weighted by atomic mass is 16.4. The molecule has 1 aliphatic rings. The van der Waals surface area contributed by atoms with Crippen molar-refractivity contribution in [1.29, 1.82) is 0 Å². The molecule has 1 fully saturated rings. The summed E-state index contributed by atoms with van der Waals surface area (Å²) >= 11 is 0. The molecule has 0 saturated heterocycles. The lowest BCUT2D eigenvalue weighted by Gasteiger charge is -2.20. The molecule has 0 aromatic heterocycles. The van der Waals surface area contributed by atoms with Crippen LogP contribution in [0, 0.1) is 11.8 Å². The van der Waals surface area contributed by atoms with Gasteiger partial charge in [-0.25, -0.2) is 0 Å². The van der Waals surface area contributed by atoms with Gasteiger partial charge in [-0.1, -0.05) is 44.1 Å². The highest BCUT2D eigenvalue weighted by Gasteiger charge is 2.39. The number of allylic oxidation sites excluding steroid dienone is 1. The van der Waals surface area contributed by atoms with E-state index in [-0.39, 0.29) is 18.3 Å².